The second-order valence-corrected chi connectivity index (χ2v) is 6.20. The number of hydrogen-bond acceptors (Lipinski definition) is 4. The van der Waals surface area contributed by atoms with Gasteiger partial charge in [-0.05, 0) is 41.8 Å². The molecule has 0 aliphatic carbocycles. The molecule has 128 valence electrons. The number of ether oxygens (including phenoxy) is 2. The van der Waals surface area contributed by atoms with E-state index in [0.29, 0.717) is 6.54 Å². The maximum Gasteiger partial charge on any atom is 0.252 e. The number of hydrogen-bond donors (Lipinski definition) is 1. The summed E-state index contributed by atoms with van der Waals surface area (Å²) in [5, 5.41) is 1.05. The van der Waals surface area contributed by atoms with Crippen LogP contribution < -0.4 is 15.0 Å². The SMILES string of the molecule is CCN(Cc1ccc2c(c1)OCO2)Cc1cc2ccccc2[nH]c1=O. The summed E-state index contributed by atoms with van der Waals surface area (Å²) in [6.07, 6.45) is 0. The third-order valence-electron chi connectivity index (χ3n) is 4.51. The first kappa shape index (κ1) is 15.7. The van der Waals surface area contributed by atoms with E-state index in [-0.39, 0.29) is 12.4 Å². The maximum atomic E-state index is 12.4. The molecule has 25 heavy (non-hydrogen) atoms. The summed E-state index contributed by atoms with van der Waals surface area (Å²) in [5.74, 6) is 1.58. The van der Waals surface area contributed by atoms with Crippen LogP contribution in [0.2, 0.25) is 0 Å². The minimum atomic E-state index is -0.0252. The number of nitrogens with one attached hydrogen (secondary N) is 1. The van der Waals surface area contributed by atoms with Gasteiger partial charge in [-0.2, -0.15) is 0 Å². The quantitative estimate of drug-likeness (QED) is 0.777. The molecule has 0 spiro atoms. The van der Waals surface area contributed by atoms with Gasteiger partial charge >= 0.3 is 0 Å². The molecule has 0 unspecified atom stereocenters. The standard InChI is InChI=1S/C20H20N2O3/c1-2-22(11-14-7-8-18-19(9-14)25-13-24-18)12-16-10-15-5-3-4-6-17(15)21-20(16)23/h3-10H,2,11-13H2,1H3,(H,21,23). The summed E-state index contributed by atoms with van der Waals surface area (Å²) < 4.78 is 10.8. The molecule has 0 fully saturated rings. The Kier molecular flexibility index (Phi) is 4.15. The first-order chi connectivity index (χ1) is 12.2. The van der Waals surface area contributed by atoms with Gasteiger partial charge in [-0.1, -0.05) is 31.2 Å². The maximum absolute atomic E-state index is 12.4. The Balaban J connectivity index is 1.56. The molecule has 1 aliphatic heterocycles. The molecule has 0 atom stereocenters. The van der Waals surface area contributed by atoms with Crippen molar-refractivity contribution in [1.29, 1.82) is 0 Å². The van der Waals surface area contributed by atoms with Crippen LogP contribution in [0.15, 0.2) is 53.3 Å². The molecule has 5 nitrogen and oxygen atoms in total. The Bertz CT molecular complexity index is 965. The monoisotopic (exact) mass is 336 g/mol. The van der Waals surface area contributed by atoms with Crippen molar-refractivity contribution in [3.8, 4) is 11.5 Å². The number of fused-ring (bicyclic) bond motifs is 2. The molecule has 0 bridgehead atoms. The Morgan fingerprint density at radius 2 is 1.88 bits per heavy atom. The van der Waals surface area contributed by atoms with E-state index in [9.17, 15) is 4.79 Å². The third kappa shape index (κ3) is 3.23. The summed E-state index contributed by atoms with van der Waals surface area (Å²) in [7, 11) is 0. The van der Waals surface area contributed by atoms with Crippen LogP contribution in [0.1, 0.15) is 18.1 Å². The van der Waals surface area contributed by atoms with Crippen LogP contribution in [0.25, 0.3) is 10.9 Å². The molecule has 5 heteroatoms. The largest absolute Gasteiger partial charge is 0.454 e. The number of para-hydroxylation sites is 1. The average molecular weight is 336 g/mol. The molecule has 0 amide bonds. The molecule has 1 N–H and O–H groups in total. The van der Waals surface area contributed by atoms with Crippen LogP contribution in [0.3, 0.4) is 0 Å². The summed E-state index contributed by atoms with van der Waals surface area (Å²) in [5.41, 5.74) is 2.77. The second-order valence-electron chi connectivity index (χ2n) is 6.20. The van der Waals surface area contributed by atoms with Crippen LogP contribution in [0.4, 0.5) is 0 Å². The van der Waals surface area contributed by atoms with E-state index in [4.69, 9.17) is 9.47 Å². The van der Waals surface area contributed by atoms with Crippen LogP contribution in [-0.4, -0.2) is 23.2 Å². The zero-order valence-electron chi connectivity index (χ0n) is 14.1. The minimum absolute atomic E-state index is 0.0252. The predicted octanol–water partition coefficient (Wildman–Crippen LogP) is 3.28. The van der Waals surface area contributed by atoms with Crippen LogP contribution in [-0.2, 0) is 13.1 Å². The number of pyridine rings is 1. The molecule has 0 saturated heterocycles. The number of rotatable bonds is 5. The van der Waals surface area contributed by atoms with Gasteiger partial charge in [-0.3, -0.25) is 9.69 Å². The van der Waals surface area contributed by atoms with Gasteiger partial charge in [-0.15, -0.1) is 0 Å². The fourth-order valence-corrected chi connectivity index (χ4v) is 3.13. The third-order valence-corrected chi connectivity index (χ3v) is 4.51. The Hall–Kier alpha value is -2.79. The van der Waals surface area contributed by atoms with E-state index >= 15 is 0 Å². The van der Waals surface area contributed by atoms with Gasteiger partial charge in [0.05, 0.1) is 0 Å². The number of aromatic amines is 1. The fourth-order valence-electron chi connectivity index (χ4n) is 3.13. The van der Waals surface area contributed by atoms with Crippen molar-refractivity contribution in [3.63, 3.8) is 0 Å². The lowest BCUT2D eigenvalue weighted by Gasteiger charge is -2.20. The van der Waals surface area contributed by atoms with Crippen LogP contribution >= 0.6 is 0 Å². The molecule has 1 aromatic heterocycles. The van der Waals surface area contributed by atoms with Crippen molar-refractivity contribution in [1.82, 2.24) is 9.88 Å². The van der Waals surface area contributed by atoms with E-state index < -0.39 is 0 Å². The van der Waals surface area contributed by atoms with E-state index in [1.807, 2.05) is 48.5 Å². The Labute approximate surface area is 145 Å². The first-order valence-corrected chi connectivity index (χ1v) is 8.45. The van der Waals surface area contributed by atoms with E-state index in [0.717, 1.165) is 46.6 Å². The lowest BCUT2D eigenvalue weighted by molar-refractivity contribution is 0.174. The van der Waals surface area contributed by atoms with E-state index in [1.165, 1.54) is 0 Å². The zero-order valence-corrected chi connectivity index (χ0v) is 14.1. The number of H-pyrrole nitrogens is 1. The highest BCUT2D eigenvalue weighted by molar-refractivity contribution is 5.78. The summed E-state index contributed by atoms with van der Waals surface area (Å²) in [4.78, 5) is 17.6. The molecule has 4 rings (SSSR count). The van der Waals surface area contributed by atoms with Crippen molar-refractivity contribution in [3.05, 3.63) is 70.0 Å². The van der Waals surface area contributed by atoms with Crippen molar-refractivity contribution in [2.75, 3.05) is 13.3 Å². The highest BCUT2D eigenvalue weighted by Gasteiger charge is 2.15. The number of benzene rings is 2. The molecule has 0 saturated carbocycles. The molecule has 3 aromatic rings. The van der Waals surface area contributed by atoms with Gasteiger partial charge in [0.2, 0.25) is 6.79 Å². The first-order valence-electron chi connectivity index (χ1n) is 8.45. The van der Waals surface area contributed by atoms with Crippen LogP contribution in [0.5, 0.6) is 11.5 Å². The van der Waals surface area contributed by atoms with E-state index in [2.05, 4.69) is 16.8 Å². The van der Waals surface area contributed by atoms with Gasteiger partial charge in [-0.25, -0.2) is 0 Å². The van der Waals surface area contributed by atoms with E-state index in [1.54, 1.807) is 0 Å². The van der Waals surface area contributed by atoms with Crippen molar-refractivity contribution in [2.24, 2.45) is 0 Å². The summed E-state index contributed by atoms with van der Waals surface area (Å²) in [6.45, 7) is 4.58. The Morgan fingerprint density at radius 3 is 2.76 bits per heavy atom. The van der Waals surface area contributed by atoms with Gasteiger partial charge < -0.3 is 14.5 Å². The number of nitrogens with zero attached hydrogens (tertiary/aromatic N) is 1. The predicted molar refractivity (Wildman–Crippen MR) is 96.9 cm³/mol. The summed E-state index contributed by atoms with van der Waals surface area (Å²) >= 11 is 0. The second kappa shape index (κ2) is 6.61. The van der Waals surface area contributed by atoms with Crippen molar-refractivity contribution >= 4 is 10.9 Å². The van der Waals surface area contributed by atoms with Gasteiger partial charge in [0.15, 0.2) is 11.5 Å². The van der Waals surface area contributed by atoms with Crippen molar-refractivity contribution < 1.29 is 9.47 Å². The Morgan fingerprint density at radius 1 is 1.04 bits per heavy atom. The highest BCUT2D eigenvalue weighted by atomic mass is 16.7. The lowest BCUT2D eigenvalue weighted by Crippen LogP contribution is -2.26. The molecule has 2 aromatic carbocycles. The molecular weight excluding hydrogens is 316 g/mol. The normalized spacial score (nSPS) is 12.9. The minimum Gasteiger partial charge on any atom is -0.454 e. The van der Waals surface area contributed by atoms with Crippen LogP contribution in [0, 0.1) is 0 Å². The number of aromatic nitrogens is 1. The molecular formula is C20H20N2O3. The lowest BCUT2D eigenvalue weighted by atomic mass is 10.1. The van der Waals surface area contributed by atoms with Gasteiger partial charge in [0.25, 0.3) is 5.56 Å². The average Bonchev–Trinajstić information content (AvgIpc) is 3.09. The van der Waals surface area contributed by atoms with Crippen molar-refractivity contribution in [2.45, 2.75) is 20.0 Å². The molecule has 1 aliphatic rings. The molecule has 0 radical (unpaired) electrons. The topological polar surface area (TPSA) is 54.6 Å². The molecule has 2 heterocycles. The summed E-state index contributed by atoms with van der Waals surface area (Å²) in [6, 6.07) is 15.8. The smallest absolute Gasteiger partial charge is 0.252 e. The van der Waals surface area contributed by atoms with Gasteiger partial charge in [0, 0.05) is 24.2 Å². The van der Waals surface area contributed by atoms with Gasteiger partial charge in [0.1, 0.15) is 0 Å². The fraction of sp³-hybridized carbons (Fsp3) is 0.250. The highest BCUT2D eigenvalue weighted by Crippen LogP contribution is 2.32. The zero-order chi connectivity index (χ0) is 17.2.